The summed E-state index contributed by atoms with van der Waals surface area (Å²) in [6.45, 7) is 8.59. The zero-order chi connectivity index (χ0) is 16.7. The molecule has 23 heavy (non-hydrogen) atoms. The lowest BCUT2D eigenvalue weighted by Gasteiger charge is -2.16. The summed E-state index contributed by atoms with van der Waals surface area (Å²) < 4.78 is 10.8. The summed E-state index contributed by atoms with van der Waals surface area (Å²) in [5, 5.41) is 6.07. The molecule has 3 nitrogen and oxygen atoms in total. The molecular formula is C19H26NO2P. The van der Waals surface area contributed by atoms with Gasteiger partial charge in [-0.25, -0.2) is 0 Å². The van der Waals surface area contributed by atoms with E-state index in [1.807, 2.05) is 6.07 Å². The largest absolute Gasteiger partial charge is 0.467 e. The van der Waals surface area contributed by atoms with Gasteiger partial charge in [-0.1, -0.05) is 45.3 Å². The van der Waals surface area contributed by atoms with Crippen LogP contribution in [-0.2, 0) is 11.3 Å². The van der Waals surface area contributed by atoms with Gasteiger partial charge in [0.1, 0.15) is 5.75 Å². The Bertz CT molecular complexity index is 643. The molecular weight excluding hydrogens is 305 g/mol. The first kappa shape index (κ1) is 17.9. The highest BCUT2D eigenvalue weighted by Gasteiger charge is 2.11. The van der Waals surface area contributed by atoms with Gasteiger partial charge < -0.3 is 14.8 Å². The van der Waals surface area contributed by atoms with Crippen molar-refractivity contribution in [2.45, 2.75) is 27.3 Å². The van der Waals surface area contributed by atoms with E-state index in [9.17, 15) is 0 Å². The van der Waals surface area contributed by atoms with Gasteiger partial charge in [-0.15, -0.1) is 0 Å². The summed E-state index contributed by atoms with van der Waals surface area (Å²) in [5.41, 5.74) is 3.95. The maximum absolute atomic E-state index is 5.74. The molecule has 0 aliphatic rings. The molecule has 0 aromatic heterocycles. The van der Waals surface area contributed by atoms with Crippen LogP contribution in [0.15, 0.2) is 36.4 Å². The van der Waals surface area contributed by atoms with Gasteiger partial charge in [0.2, 0.25) is 0 Å². The standard InChI is InChI=1S/C19H26NO2P/c1-5-20-12-16-8-6-7-15(3)19(16)23-18-11-14(2)9-10-17(18)22-13-21-4/h6-11,20,23H,5,12-13H2,1-4H3. The number of benzene rings is 2. The van der Waals surface area contributed by atoms with Gasteiger partial charge in [0.25, 0.3) is 0 Å². The molecule has 4 heteroatoms. The minimum atomic E-state index is 0.276. The van der Waals surface area contributed by atoms with E-state index in [4.69, 9.17) is 9.47 Å². The number of hydrogen-bond donors (Lipinski definition) is 1. The third kappa shape index (κ3) is 5.04. The fraction of sp³-hybridized carbons (Fsp3) is 0.368. The lowest BCUT2D eigenvalue weighted by atomic mass is 10.1. The molecule has 1 atom stereocenters. The van der Waals surface area contributed by atoms with Crippen LogP contribution in [0.3, 0.4) is 0 Å². The van der Waals surface area contributed by atoms with Gasteiger partial charge in [0.05, 0.1) is 0 Å². The average Bonchev–Trinajstić information content (AvgIpc) is 2.54. The summed E-state index contributed by atoms with van der Waals surface area (Å²) in [5.74, 6) is 0.911. The number of methoxy groups -OCH3 is 1. The van der Waals surface area contributed by atoms with Gasteiger partial charge >= 0.3 is 0 Å². The number of aryl methyl sites for hydroxylation is 2. The molecule has 2 aromatic carbocycles. The average molecular weight is 331 g/mol. The summed E-state index contributed by atoms with van der Waals surface area (Å²) in [6.07, 6.45) is 0. The number of ether oxygens (including phenoxy) is 2. The van der Waals surface area contributed by atoms with Crippen LogP contribution in [0.1, 0.15) is 23.6 Å². The van der Waals surface area contributed by atoms with E-state index in [0.29, 0.717) is 8.58 Å². The molecule has 1 N–H and O–H groups in total. The van der Waals surface area contributed by atoms with Crippen LogP contribution < -0.4 is 20.7 Å². The highest BCUT2D eigenvalue weighted by molar-refractivity contribution is 7.56. The SMILES string of the molecule is CCNCc1cccc(C)c1Pc1cc(C)ccc1OCOC. The Morgan fingerprint density at radius 2 is 1.96 bits per heavy atom. The smallest absolute Gasteiger partial charge is 0.188 e. The summed E-state index contributed by atoms with van der Waals surface area (Å²) in [4.78, 5) is 0. The molecule has 1 unspecified atom stereocenters. The van der Waals surface area contributed by atoms with E-state index >= 15 is 0 Å². The fourth-order valence-corrected chi connectivity index (χ4v) is 3.90. The second-order valence-corrected chi connectivity index (χ2v) is 6.85. The summed E-state index contributed by atoms with van der Waals surface area (Å²) in [6, 6.07) is 12.9. The van der Waals surface area contributed by atoms with Crippen LogP contribution in [0.5, 0.6) is 5.75 Å². The Morgan fingerprint density at radius 1 is 1.13 bits per heavy atom. The minimum absolute atomic E-state index is 0.276. The third-order valence-electron chi connectivity index (χ3n) is 3.65. The van der Waals surface area contributed by atoms with Crippen molar-refractivity contribution in [2.24, 2.45) is 0 Å². The molecule has 0 radical (unpaired) electrons. The van der Waals surface area contributed by atoms with Crippen molar-refractivity contribution in [1.82, 2.24) is 5.32 Å². The van der Waals surface area contributed by atoms with Crippen LogP contribution >= 0.6 is 8.58 Å². The predicted octanol–water partition coefficient (Wildman–Crippen LogP) is 3.02. The van der Waals surface area contributed by atoms with Crippen molar-refractivity contribution in [3.05, 3.63) is 53.1 Å². The van der Waals surface area contributed by atoms with Gasteiger partial charge in [-0.3, -0.25) is 0 Å². The van der Waals surface area contributed by atoms with E-state index in [2.05, 4.69) is 56.4 Å². The van der Waals surface area contributed by atoms with Crippen LogP contribution in [0, 0.1) is 13.8 Å². The van der Waals surface area contributed by atoms with Gasteiger partial charge in [-0.2, -0.15) is 0 Å². The third-order valence-corrected chi connectivity index (χ3v) is 5.28. The molecule has 0 spiro atoms. The molecule has 124 valence electrons. The zero-order valence-corrected chi connectivity index (χ0v) is 15.4. The molecule has 0 bridgehead atoms. The molecule has 0 aliphatic heterocycles. The minimum Gasteiger partial charge on any atom is -0.467 e. The van der Waals surface area contributed by atoms with Crippen molar-refractivity contribution in [3.63, 3.8) is 0 Å². The van der Waals surface area contributed by atoms with Crippen molar-refractivity contribution in [1.29, 1.82) is 0 Å². The van der Waals surface area contributed by atoms with Crippen molar-refractivity contribution in [2.75, 3.05) is 20.4 Å². The normalized spacial score (nSPS) is 11.3. The summed E-state index contributed by atoms with van der Waals surface area (Å²) in [7, 11) is 2.22. The zero-order valence-electron chi connectivity index (χ0n) is 14.4. The van der Waals surface area contributed by atoms with E-state index in [0.717, 1.165) is 18.8 Å². The Hall–Kier alpha value is -1.41. The van der Waals surface area contributed by atoms with Gasteiger partial charge in [0.15, 0.2) is 6.79 Å². The van der Waals surface area contributed by atoms with Crippen LogP contribution in [-0.4, -0.2) is 20.4 Å². The number of nitrogens with one attached hydrogen (secondary N) is 1. The van der Waals surface area contributed by atoms with Gasteiger partial charge in [-0.05, 0) is 49.0 Å². The second kappa shape index (κ2) is 9.02. The number of rotatable bonds is 8. The fourth-order valence-electron chi connectivity index (χ4n) is 2.44. The van der Waals surface area contributed by atoms with Crippen LogP contribution in [0.4, 0.5) is 0 Å². The van der Waals surface area contributed by atoms with Crippen molar-refractivity contribution in [3.8, 4) is 5.75 Å². The maximum Gasteiger partial charge on any atom is 0.188 e. The van der Waals surface area contributed by atoms with E-state index in [1.54, 1.807) is 7.11 Å². The monoisotopic (exact) mass is 331 g/mol. The first-order chi connectivity index (χ1) is 11.2. The maximum atomic E-state index is 5.74. The quantitative estimate of drug-likeness (QED) is 0.596. The molecule has 0 saturated heterocycles. The first-order valence-electron chi connectivity index (χ1n) is 7.94. The lowest BCUT2D eigenvalue weighted by molar-refractivity contribution is 0.0519. The van der Waals surface area contributed by atoms with Crippen LogP contribution in [0.2, 0.25) is 0 Å². The molecule has 0 amide bonds. The highest BCUT2D eigenvalue weighted by Crippen LogP contribution is 2.23. The summed E-state index contributed by atoms with van der Waals surface area (Å²) >= 11 is 0. The lowest BCUT2D eigenvalue weighted by Crippen LogP contribution is -2.20. The number of hydrogen-bond acceptors (Lipinski definition) is 3. The molecule has 2 rings (SSSR count). The van der Waals surface area contributed by atoms with E-state index in [-0.39, 0.29) is 6.79 Å². The van der Waals surface area contributed by atoms with Gasteiger partial charge in [0, 0.05) is 19.0 Å². The Labute approximate surface area is 141 Å². The molecule has 0 aliphatic carbocycles. The first-order valence-corrected chi connectivity index (χ1v) is 8.94. The molecule has 0 saturated carbocycles. The second-order valence-electron chi connectivity index (χ2n) is 5.56. The topological polar surface area (TPSA) is 30.5 Å². The van der Waals surface area contributed by atoms with Crippen LogP contribution in [0.25, 0.3) is 0 Å². The molecule has 0 heterocycles. The molecule has 2 aromatic rings. The Kier molecular flexibility index (Phi) is 7.04. The van der Waals surface area contributed by atoms with Crippen molar-refractivity contribution < 1.29 is 9.47 Å². The van der Waals surface area contributed by atoms with Crippen molar-refractivity contribution >= 4 is 19.2 Å². The van der Waals surface area contributed by atoms with E-state index < -0.39 is 0 Å². The van der Waals surface area contributed by atoms with E-state index in [1.165, 1.54) is 27.3 Å². The Morgan fingerprint density at radius 3 is 2.70 bits per heavy atom. The predicted molar refractivity (Wildman–Crippen MR) is 99.8 cm³/mol. The Balaban J connectivity index is 2.32. The highest BCUT2D eigenvalue weighted by atomic mass is 31.1. The molecule has 0 fully saturated rings.